The molecule has 4 nitrogen and oxygen atoms in total. The Morgan fingerprint density at radius 3 is 1.50 bits per heavy atom. The van der Waals surface area contributed by atoms with Crippen molar-refractivity contribution in [2.75, 3.05) is 13.2 Å². The maximum absolute atomic E-state index is 12.5. The van der Waals surface area contributed by atoms with Gasteiger partial charge in [-0.2, -0.15) is 39.5 Å². The molecule has 0 aromatic heterocycles. The number of ether oxygens (including phenoxy) is 2. The Bertz CT molecular complexity index is 398. The van der Waals surface area contributed by atoms with Crippen molar-refractivity contribution in [2.45, 2.75) is 50.5 Å². The Morgan fingerprint density at radius 1 is 0.833 bits per heavy atom. The van der Waals surface area contributed by atoms with Crippen molar-refractivity contribution in [3.8, 4) is 0 Å². The number of amides is 1. The summed E-state index contributed by atoms with van der Waals surface area (Å²) in [5.74, 6) is 0. The molecule has 0 aromatic rings. The van der Waals surface area contributed by atoms with Crippen LogP contribution >= 0.6 is 0 Å². The second-order valence-corrected chi connectivity index (χ2v) is 5.45. The third-order valence-electron chi connectivity index (χ3n) is 2.29. The second-order valence-electron chi connectivity index (χ2n) is 5.45. The first-order valence-corrected chi connectivity index (χ1v) is 6.16. The highest BCUT2D eigenvalue weighted by Gasteiger charge is 2.85. The zero-order chi connectivity index (χ0) is 19.6. The summed E-state index contributed by atoms with van der Waals surface area (Å²) in [5, 5.41) is 1.68. The molecule has 1 N–H and O–H groups in total. The van der Waals surface area contributed by atoms with Gasteiger partial charge in [-0.25, -0.2) is 4.79 Å². The molecule has 0 atom stereocenters. The molecule has 0 aliphatic heterocycles. The third-order valence-corrected chi connectivity index (χ3v) is 2.29. The summed E-state index contributed by atoms with van der Waals surface area (Å²) in [7, 11) is 0. The molecule has 0 heterocycles. The summed E-state index contributed by atoms with van der Waals surface area (Å²) in [6.07, 6.45) is -21.7. The molecule has 0 aliphatic rings. The first-order chi connectivity index (χ1) is 10.4. The molecule has 24 heavy (non-hydrogen) atoms. The lowest BCUT2D eigenvalue weighted by atomic mass is 10.0. The molecule has 0 rings (SSSR count). The molecule has 0 fully saturated rings. The van der Waals surface area contributed by atoms with Crippen molar-refractivity contribution in [3.63, 3.8) is 0 Å². The summed E-state index contributed by atoms with van der Waals surface area (Å²) in [6, 6.07) is 0. The standard InChI is InChI=1S/C11H14F9NO3/c1-7(2,3)24-6(22)21-4-5-23-8(9(12,13)14,10(15,16)17)11(18,19)20/h4-5H2,1-3H3,(H,21,22). The predicted molar refractivity (Wildman–Crippen MR) is 61.1 cm³/mol. The number of carbonyl (C=O) groups is 1. The van der Waals surface area contributed by atoms with Gasteiger partial charge in [0.2, 0.25) is 0 Å². The minimum absolute atomic E-state index is 1.03. The van der Waals surface area contributed by atoms with E-state index in [9.17, 15) is 44.3 Å². The fraction of sp³-hybridized carbons (Fsp3) is 0.909. The normalized spacial score (nSPS) is 14.5. The zero-order valence-electron chi connectivity index (χ0n) is 12.5. The van der Waals surface area contributed by atoms with Crippen LogP contribution in [-0.4, -0.2) is 49.0 Å². The van der Waals surface area contributed by atoms with Crippen LogP contribution < -0.4 is 5.32 Å². The van der Waals surface area contributed by atoms with Crippen molar-refractivity contribution in [2.24, 2.45) is 0 Å². The Balaban J connectivity index is 5.11. The van der Waals surface area contributed by atoms with Crippen LogP contribution in [0, 0.1) is 0 Å². The lowest BCUT2D eigenvalue weighted by Crippen LogP contribution is -2.68. The lowest BCUT2D eigenvalue weighted by molar-refractivity contribution is -0.456. The van der Waals surface area contributed by atoms with Gasteiger partial charge in [0.05, 0.1) is 6.61 Å². The zero-order valence-corrected chi connectivity index (χ0v) is 12.5. The number of hydrogen-bond donors (Lipinski definition) is 1. The Hall–Kier alpha value is -1.40. The van der Waals surface area contributed by atoms with Crippen LogP contribution in [0.2, 0.25) is 0 Å². The summed E-state index contributed by atoms with van der Waals surface area (Å²) in [4.78, 5) is 11.1. The molecule has 0 spiro atoms. The average molecular weight is 379 g/mol. The van der Waals surface area contributed by atoms with E-state index in [1.54, 1.807) is 5.32 Å². The number of rotatable bonds is 4. The first-order valence-electron chi connectivity index (χ1n) is 6.16. The van der Waals surface area contributed by atoms with Gasteiger partial charge in [-0.1, -0.05) is 0 Å². The molecule has 0 aliphatic carbocycles. The van der Waals surface area contributed by atoms with E-state index < -0.39 is 49.0 Å². The van der Waals surface area contributed by atoms with Crippen LogP contribution in [0.25, 0.3) is 0 Å². The maximum atomic E-state index is 12.5. The number of alkyl carbamates (subject to hydrolysis) is 1. The number of nitrogens with one attached hydrogen (secondary N) is 1. The minimum atomic E-state index is -6.81. The van der Waals surface area contributed by atoms with Crippen LogP contribution in [0.4, 0.5) is 44.3 Å². The highest BCUT2D eigenvalue weighted by atomic mass is 19.4. The molecular weight excluding hydrogens is 365 g/mol. The average Bonchev–Trinajstić information content (AvgIpc) is 2.19. The summed E-state index contributed by atoms with van der Waals surface area (Å²) in [5.41, 5.74) is -7.39. The van der Waals surface area contributed by atoms with Gasteiger partial charge >= 0.3 is 30.2 Å². The topological polar surface area (TPSA) is 47.6 Å². The molecule has 0 aromatic carbocycles. The summed E-state index contributed by atoms with van der Waals surface area (Å²) < 4.78 is 120. The van der Waals surface area contributed by atoms with Gasteiger partial charge in [0, 0.05) is 6.54 Å². The van der Waals surface area contributed by atoms with E-state index in [1.165, 1.54) is 20.8 Å². The molecule has 0 saturated carbocycles. The van der Waals surface area contributed by atoms with Crippen LogP contribution in [0.3, 0.4) is 0 Å². The lowest BCUT2D eigenvalue weighted by Gasteiger charge is -2.38. The van der Waals surface area contributed by atoms with Crippen LogP contribution in [0.1, 0.15) is 20.8 Å². The van der Waals surface area contributed by atoms with Crippen molar-refractivity contribution in [3.05, 3.63) is 0 Å². The van der Waals surface area contributed by atoms with Crippen LogP contribution in [0.5, 0.6) is 0 Å². The largest absolute Gasteiger partial charge is 0.444 e. The van der Waals surface area contributed by atoms with Crippen molar-refractivity contribution < 1.29 is 53.8 Å². The SMILES string of the molecule is CC(C)(C)OC(=O)NCCOC(C(F)(F)F)(C(F)(F)F)C(F)(F)F. The smallest absolute Gasteiger partial charge is 0.435 e. The number of halogens is 9. The van der Waals surface area contributed by atoms with E-state index in [0.29, 0.717) is 0 Å². The molecular formula is C11H14F9NO3. The van der Waals surface area contributed by atoms with Crippen molar-refractivity contribution >= 4 is 6.09 Å². The number of hydrogen-bond acceptors (Lipinski definition) is 3. The molecule has 0 saturated heterocycles. The van der Waals surface area contributed by atoms with E-state index in [2.05, 4.69) is 9.47 Å². The molecule has 0 unspecified atom stereocenters. The van der Waals surface area contributed by atoms with Gasteiger partial charge in [-0.3, -0.25) is 0 Å². The number of carbonyl (C=O) groups excluding carboxylic acids is 1. The van der Waals surface area contributed by atoms with Gasteiger partial charge < -0.3 is 14.8 Å². The van der Waals surface area contributed by atoms with E-state index in [-0.39, 0.29) is 0 Å². The molecule has 0 bridgehead atoms. The summed E-state index contributed by atoms with van der Waals surface area (Å²) in [6.45, 7) is 1.44. The van der Waals surface area contributed by atoms with Crippen molar-refractivity contribution in [1.29, 1.82) is 0 Å². The van der Waals surface area contributed by atoms with Gasteiger partial charge in [-0.15, -0.1) is 0 Å². The highest BCUT2D eigenvalue weighted by Crippen LogP contribution is 2.54. The fourth-order valence-electron chi connectivity index (χ4n) is 1.40. The molecule has 13 heteroatoms. The number of alkyl halides is 9. The minimum Gasteiger partial charge on any atom is -0.444 e. The molecule has 0 radical (unpaired) electrons. The van der Waals surface area contributed by atoms with Gasteiger partial charge in [0.15, 0.2) is 0 Å². The second kappa shape index (κ2) is 6.84. The quantitative estimate of drug-likeness (QED) is 0.594. The Morgan fingerprint density at radius 2 is 1.21 bits per heavy atom. The third kappa shape index (κ3) is 5.31. The Labute approximate surface area is 130 Å². The van der Waals surface area contributed by atoms with Crippen LogP contribution in [-0.2, 0) is 9.47 Å². The Kier molecular flexibility index (Phi) is 6.44. The molecule has 144 valence electrons. The van der Waals surface area contributed by atoms with Gasteiger partial charge in [0.25, 0.3) is 0 Å². The van der Waals surface area contributed by atoms with E-state index in [1.807, 2.05) is 0 Å². The monoisotopic (exact) mass is 379 g/mol. The first kappa shape index (κ1) is 22.6. The van der Waals surface area contributed by atoms with E-state index in [4.69, 9.17) is 0 Å². The van der Waals surface area contributed by atoms with E-state index in [0.717, 1.165) is 0 Å². The van der Waals surface area contributed by atoms with Crippen molar-refractivity contribution in [1.82, 2.24) is 5.32 Å². The van der Waals surface area contributed by atoms with Crippen LogP contribution in [0.15, 0.2) is 0 Å². The van der Waals surface area contributed by atoms with Gasteiger partial charge in [-0.05, 0) is 20.8 Å². The summed E-state index contributed by atoms with van der Waals surface area (Å²) >= 11 is 0. The maximum Gasteiger partial charge on any atom is 0.435 e. The van der Waals surface area contributed by atoms with Gasteiger partial charge in [0.1, 0.15) is 5.60 Å². The fourth-order valence-corrected chi connectivity index (χ4v) is 1.40. The molecule has 1 amide bonds. The predicted octanol–water partition coefficient (Wildman–Crippen LogP) is 3.95. The van der Waals surface area contributed by atoms with E-state index >= 15 is 0 Å². The highest BCUT2D eigenvalue weighted by molar-refractivity contribution is 5.67.